The number of carbonyl (C=O) groups is 1. The molecule has 0 amide bonds. The lowest BCUT2D eigenvalue weighted by atomic mass is 10.0. The van der Waals surface area contributed by atoms with Crippen LogP contribution in [0.3, 0.4) is 0 Å². The Morgan fingerprint density at radius 3 is 2.47 bits per heavy atom. The first kappa shape index (κ1) is 16.1. The first-order valence-electron chi connectivity index (χ1n) is 5.50. The van der Waals surface area contributed by atoms with Crippen molar-refractivity contribution in [2.75, 3.05) is 12.4 Å². The van der Waals surface area contributed by atoms with Crippen LogP contribution in [0.5, 0.6) is 0 Å². The summed E-state index contributed by atoms with van der Waals surface area (Å²) < 4.78 is 34.5. The molecule has 0 aromatic rings. The minimum atomic E-state index is -3.87. The molecule has 0 heterocycles. The fourth-order valence-electron chi connectivity index (χ4n) is 1.21. The molecule has 0 aliphatic heterocycles. The normalized spacial score (nSPS) is 13.1. The first-order chi connectivity index (χ1) is 7.72. The average Bonchev–Trinajstić information content (AvgIpc) is 2.20. The third kappa shape index (κ3) is 10.0. The number of hydrogen-bond donors (Lipinski definition) is 1. The summed E-state index contributed by atoms with van der Waals surface area (Å²) in [7, 11) is -3.87. The third-order valence-corrected chi connectivity index (χ3v) is 3.04. The topological polar surface area (TPSA) is 80.7 Å². The lowest BCUT2D eigenvalue weighted by Gasteiger charge is -2.10. The van der Waals surface area contributed by atoms with E-state index >= 15 is 0 Å². The quantitative estimate of drug-likeness (QED) is 0.313. The van der Waals surface area contributed by atoms with Crippen LogP contribution in [-0.2, 0) is 19.6 Å². The van der Waals surface area contributed by atoms with Gasteiger partial charge in [0.15, 0.2) is 0 Å². The molecule has 1 unspecified atom stereocenters. The highest BCUT2D eigenvalue weighted by atomic mass is 32.2. The Labute approximate surface area is 103 Å². The van der Waals surface area contributed by atoms with Crippen molar-refractivity contribution in [3.8, 4) is 0 Å². The van der Waals surface area contributed by atoms with E-state index in [-0.39, 0.29) is 11.7 Å². The Bertz CT molecular complexity index is 358. The zero-order chi connectivity index (χ0) is 13.5. The maximum absolute atomic E-state index is 11.0. The SMILES string of the molecule is C=C(C)C(=O)OCCCC(C)CCS(=O)(=O)O. The highest BCUT2D eigenvalue weighted by Gasteiger charge is 2.09. The standard InChI is InChI=1S/C11H20O5S/c1-9(2)11(12)16-7-4-5-10(3)6-8-17(13,14)15/h10H,1,4-8H2,2-3H3,(H,13,14,15). The predicted molar refractivity (Wildman–Crippen MR) is 65.2 cm³/mol. The second-order valence-electron chi connectivity index (χ2n) is 4.24. The zero-order valence-electron chi connectivity index (χ0n) is 10.3. The summed E-state index contributed by atoms with van der Waals surface area (Å²) in [5, 5.41) is 0. The maximum atomic E-state index is 11.0. The molecule has 0 aliphatic rings. The zero-order valence-corrected chi connectivity index (χ0v) is 11.1. The first-order valence-corrected chi connectivity index (χ1v) is 7.11. The molecule has 17 heavy (non-hydrogen) atoms. The Morgan fingerprint density at radius 2 is 2.00 bits per heavy atom. The molecular weight excluding hydrogens is 244 g/mol. The van der Waals surface area contributed by atoms with E-state index in [0.717, 1.165) is 6.42 Å². The van der Waals surface area contributed by atoms with E-state index in [0.29, 0.717) is 25.0 Å². The van der Waals surface area contributed by atoms with Crippen LogP contribution in [0.4, 0.5) is 0 Å². The number of esters is 1. The largest absolute Gasteiger partial charge is 0.462 e. The Kier molecular flexibility index (Phi) is 7.06. The molecule has 0 aromatic heterocycles. The van der Waals surface area contributed by atoms with Crippen LogP contribution < -0.4 is 0 Å². The van der Waals surface area contributed by atoms with Gasteiger partial charge in [-0.05, 0) is 32.1 Å². The van der Waals surface area contributed by atoms with Gasteiger partial charge in [0.25, 0.3) is 10.1 Å². The van der Waals surface area contributed by atoms with Crippen LogP contribution in [0, 0.1) is 5.92 Å². The van der Waals surface area contributed by atoms with E-state index in [9.17, 15) is 13.2 Å². The molecule has 0 rings (SSSR count). The summed E-state index contributed by atoms with van der Waals surface area (Å²) in [6.07, 6.45) is 1.83. The minimum Gasteiger partial charge on any atom is -0.462 e. The van der Waals surface area contributed by atoms with Gasteiger partial charge in [0, 0.05) is 5.57 Å². The van der Waals surface area contributed by atoms with Crippen molar-refractivity contribution in [3.63, 3.8) is 0 Å². The van der Waals surface area contributed by atoms with Gasteiger partial charge in [-0.3, -0.25) is 4.55 Å². The minimum absolute atomic E-state index is 0.167. The molecule has 5 nitrogen and oxygen atoms in total. The molecule has 0 bridgehead atoms. The summed E-state index contributed by atoms with van der Waals surface area (Å²) in [6, 6.07) is 0. The van der Waals surface area contributed by atoms with Crippen LogP contribution in [0.2, 0.25) is 0 Å². The van der Waals surface area contributed by atoms with Crippen molar-refractivity contribution < 1.29 is 22.5 Å². The highest BCUT2D eigenvalue weighted by molar-refractivity contribution is 7.85. The molecule has 6 heteroatoms. The number of ether oxygens (including phenoxy) is 1. The second-order valence-corrected chi connectivity index (χ2v) is 5.81. The van der Waals surface area contributed by atoms with Crippen molar-refractivity contribution >= 4 is 16.1 Å². The summed E-state index contributed by atoms with van der Waals surface area (Å²) in [5.74, 6) is -0.462. The molecule has 0 fully saturated rings. The van der Waals surface area contributed by atoms with E-state index in [4.69, 9.17) is 9.29 Å². The van der Waals surface area contributed by atoms with Crippen molar-refractivity contribution in [2.45, 2.75) is 33.1 Å². The molecule has 0 aromatic carbocycles. The fourth-order valence-corrected chi connectivity index (χ4v) is 1.91. The van der Waals surface area contributed by atoms with E-state index in [2.05, 4.69) is 6.58 Å². The van der Waals surface area contributed by atoms with Crippen molar-refractivity contribution in [1.29, 1.82) is 0 Å². The van der Waals surface area contributed by atoms with Crippen LogP contribution in [0.25, 0.3) is 0 Å². The van der Waals surface area contributed by atoms with E-state index in [1.807, 2.05) is 6.92 Å². The van der Waals surface area contributed by atoms with Crippen LogP contribution >= 0.6 is 0 Å². The lowest BCUT2D eigenvalue weighted by Crippen LogP contribution is -2.10. The van der Waals surface area contributed by atoms with Gasteiger partial charge < -0.3 is 4.74 Å². The van der Waals surface area contributed by atoms with Gasteiger partial charge in [-0.1, -0.05) is 13.5 Å². The van der Waals surface area contributed by atoms with Gasteiger partial charge >= 0.3 is 5.97 Å². The van der Waals surface area contributed by atoms with Crippen molar-refractivity contribution in [2.24, 2.45) is 5.92 Å². The van der Waals surface area contributed by atoms with Gasteiger partial charge in [0.1, 0.15) is 0 Å². The highest BCUT2D eigenvalue weighted by Crippen LogP contribution is 2.11. The van der Waals surface area contributed by atoms with Crippen molar-refractivity contribution in [3.05, 3.63) is 12.2 Å². The Morgan fingerprint density at radius 1 is 1.41 bits per heavy atom. The van der Waals surface area contributed by atoms with Gasteiger partial charge in [0.2, 0.25) is 0 Å². The van der Waals surface area contributed by atoms with Gasteiger partial charge in [0.05, 0.1) is 12.4 Å². The van der Waals surface area contributed by atoms with Gasteiger partial charge in [-0.2, -0.15) is 8.42 Å². The Hall–Kier alpha value is -0.880. The summed E-state index contributed by atoms with van der Waals surface area (Å²) in [5.41, 5.74) is 0.365. The summed E-state index contributed by atoms with van der Waals surface area (Å²) >= 11 is 0. The number of rotatable bonds is 8. The molecule has 0 radical (unpaired) electrons. The van der Waals surface area contributed by atoms with E-state index in [1.165, 1.54) is 0 Å². The summed E-state index contributed by atoms with van der Waals surface area (Å²) in [4.78, 5) is 11.0. The van der Waals surface area contributed by atoms with Crippen molar-refractivity contribution in [1.82, 2.24) is 0 Å². The van der Waals surface area contributed by atoms with E-state index < -0.39 is 16.1 Å². The monoisotopic (exact) mass is 264 g/mol. The molecule has 0 spiro atoms. The second kappa shape index (κ2) is 7.45. The van der Waals surface area contributed by atoms with Gasteiger partial charge in [-0.25, -0.2) is 4.79 Å². The van der Waals surface area contributed by atoms with Crippen LogP contribution in [-0.4, -0.2) is 31.3 Å². The summed E-state index contributed by atoms with van der Waals surface area (Å²) in [6.45, 7) is 7.24. The predicted octanol–water partition coefficient (Wildman–Crippen LogP) is 1.80. The molecule has 100 valence electrons. The Balaban J connectivity index is 3.62. The maximum Gasteiger partial charge on any atom is 0.333 e. The molecule has 0 aliphatic carbocycles. The van der Waals surface area contributed by atoms with Crippen LogP contribution in [0.1, 0.15) is 33.1 Å². The fraction of sp³-hybridized carbons (Fsp3) is 0.727. The molecule has 0 saturated carbocycles. The molecular formula is C11H20O5S. The smallest absolute Gasteiger partial charge is 0.333 e. The molecule has 1 atom stereocenters. The van der Waals surface area contributed by atoms with Crippen LogP contribution in [0.15, 0.2) is 12.2 Å². The third-order valence-electron chi connectivity index (χ3n) is 2.29. The average molecular weight is 264 g/mol. The van der Waals surface area contributed by atoms with E-state index in [1.54, 1.807) is 6.92 Å². The molecule has 0 saturated heterocycles. The lowest BCUT2D eigenvalue weighted by molar-refractivity contribution is -0.139. The molecule has 1 N–H and O–H groups in total. The number of hydrogen-bond acceptors (Lipinski definition) is 4. The van der Waals surface area contributed by atoms with Gasteiger partial charge in [-0.15, -0.1) is 0 Å². The number of carbonyl (C=O) groups excluding carboxylic acids is 1.